The lowest BCUT2D eigenvalue weighted by Crippen LogP contribution is -2.39. The van der Waals surface area contributed by atoms with Gasteiger partial charge >= 0.3 is 0 Å². The Labute approximate surface area is 148 Å². The number of furan rings is 1. The molecule has 0 saturated heterocycles. The van der Waals surface area contributed by atoms with Crippen LogP contribution in [0.15, 0.2) is 45.8 Å². The lowest BCUT2D eigenvalue weighted by Gasteiger charge is -2.17. The molecular formula is C19H27N3O3. The van der Waals surface area contributed by atoms with Crippen LogP contribution in [0, 0.1) is 6.92 Å². The van der Waals surface area contributed by atoms with Crippen LogP contribution in [-0.4, -0.2) is 31.3 Å². The largest absolute Gasteiger partial charge is 0.497 e. The van der Waals surface area contributed by atoms with Gasteiger partial charge in [-0.2, -0.15) is 0 Å². The van der Waals surface area contributed by atoms with Crippen LogP contribution < -0.4 is 15.4 Å². The first-order valence-electron chi connectivity index (χ1n) is 8.46. The number of nitrogens with one attached hydrogen (secondary N) is 2. The molecular weight excluding hydrogens is 318 g/mol. The number of rotatable bonds is 7. The number of hydrogen-bond acceptors (Lipinski definition) is 4. The number of ether oxygens (including phenoxy) is 1. The molecule has 0 radical (unpaired) electrons. The summed E-state index contributed by atoms with van der Waals surface area (Å²) >= 11 is 0. The lowest BCUT2D eigenvalue weighted by atomic mass is 10.1. The minimum atomic E-state index is -0.678. The molecule has 1 aromatic heterocycles. The number of aliphatic imine (C=N–C) groups is 1. The first kappa shape index (κ1) is 18.9. The molecule has 0 aliphatic rings. The molecule has 2 atom stereocenters. The van der Waals surface area contributed by atoms with Gasteiger partial charge in [0.2, 0.25) is 0 Å². The third kappa shape index (κ3) is 5.53. The number of methoxy groups -OCH3 is 1. The molecule has 0 saturated carbocycles. The fourth-order valence-electron chi connectivity index (χ4n) is 2.39. The highest BCUT2D eigenvalue weighted by Gasteiger charge is 2.12. The Morgan fingerprint density at radius 2 is 1.96 bits per heavy atom. The third-order valence-corrected chi connectivity index (χ3v) is 3.81. The van der Waals surface area contributed by atoms with Gasteiger partial charge in [0.15, 0.2) is 5.96 Å². The van der Waals surface area contributed by atoms with Crippen molar-refractivity contribution in [3.05, 3.63) is 53.5 Å². The summed E-state index contributed by atoms with van der Waals surface area (Å²) < 4.78 is 10.8. The second-order valence-electron chi connectivity index (χ2n) is 5.82. The van der Waals surface area contributed by atoms with Gasteiger partial charge in [0.1, 0.15) is 17.3 Å². The van der Waals surface area contributed by atoms with Gasteiger partial charge in [0.05, 0.1) is 25.8 Å². The molecule has 0 fully saturated rings. The molecule has 3 N–H and O–H groups in total. The maximum Gasteiger partial charge on any atom is 0.191 e. The normalized spacial score (nSPS) is 14.0. The molecule has 6 nitrogen and oxygen atoms in total. The zero-order valence-corrected chi connectivity index (χ0v) is 15.2. The van der Waals surface area contributed by atoms with Crippen LogP contribution in [0.3, 0.4) is 0 Å². The Kier molecular flexibility index (Phi) is 6.89. The fourth-order valence-corrected chi connectivity index (χ4v) is 2.39. The van der Waals surface area contributed by atoms with Crippen LogP contribution in [0.5, 0.6) is 5.75 Å². The predicted molar refractivity (Wildman–Crippen MR) is 98.9 cm³/mol. The van der Waals surface area contributed by atoms with Crippen molar-refractivity contribution in [3.8, 4) is 5.75 Å². The molecule has 1 aromatic carbocycles. The number of nitrogens with zero attached hydrogens (tertiary/aromatic N) is 1. The van der Waals surface area contributed by atoms with E-state index in [4.69, 9.17) is 9.15 Å². The summed E-state index contributed by atoms with van der Waals surface area (Å²) in [5.41, 5.74) is 0.801. The summed E-state index contributed by atoms with van der Waals surface area (Å²) in [6, 6.07) is 11.2. The zero-order valence-electron chi connectivity index (χ0n) is 15.2. The summed E-state index contributed by atoms with van der Waals surface area (Å²) in [5, 5.41) is 16.8. The Morgan fingerprint density at radius 3 is 2.52 bits per heavy atom. The van der Waals surface area contributed by atoms with E-state index < -0.39 is 6.10 Å². The quantitative estimate of drug-likeness (QED) is 0.531. The van der Waals surface area contributed by atoms with Crippen molar-refractivity contribution < 1.29 is 14.3 Å². The van der Waals surface area contributed by atoms with Crippen LogP contribution in [0.1, 0.15) is 43.1 Å². The minimum absolute atomic E-state index is 0.0235. The third-order valence-electron chi connectivity index (χ3n) is 3.81. The second kappa shape index (κ2) is 9.13. The highest BCUT2D eigenvalue weighted by atomic mass is 16.5. The van der Waals surface area contributed by atoms with Crippen LogP contribution in [-0.2, 0) is 0 Å². The van der Waals surface area contributed by atoms with Gasteiger partial charge in [0.25, 0.3) is 0 Å². The molecule has 0 bridgehead atoms. The van der Waals surface area contributed by atoms with Crippen molar-refractivity contribution in [3.63, 3.8) is 0 Å². The van der Waals surface area contributed by atoms with E-state index in [-0.39, 0.29) is 12.6 Å². The molecule has 2 rings (SSSR count). The standard InChI is InChI=1S/C19H27N3O3/c1-5-20-19(22-14(3)18-11-6-13(2)25-18)21-12-17(23)15-7-9-16(24-4)10-8-15/h6-11,14,17,23H,5,12H2,1-4H3,(H2,20,21,22). The van der Waals surface area contributed by atoms with Crippen molar-refractivity contribution in [2.45, 2.75) is 32.9 Å². The van der Waals surface area contributed by atoms with Gasteiger partial charge < -0.3 is 24.9 Å². The van der Waals surface area contributed by atoms with E-state index in [2.05, 4.69) is 15.6 Å². The number of aryl methyl sites for hydroxylation is 1. The first-order valence-corrected chi connectivity index (χ1v) is 8.46. The molecule has 0 aliphatic carbocycles. The summed E-state index contributed by atoms with van der Waals surface area (Å²) in [5.74, 6) is 3.12. The number of benzene rings is 1. The summed E-state index contributed by atoms with van der Waals surface area (Å²) in [6.07, 6.45) is -0.678. The summed E-state index contributed by atoms with van der Waals surface area (Å²) in [7, 11) is 1.62. The van der Waals surface area contributed by atoms with Crippen LogP contribution in [0.4, 0.5) is 0 Å². The molecule has 25 heavy (non-hydrogen) atoms. The number of hydrogen-bond donors (Lipinski definition) is 3. The van der Waals surface area contributed by atoms with Crippen LogP contribution >= 0.6 is 0 Å². The van der Waals surface area contributed by atoms with E-state index in [1.54, 1.807) is 7.11 Å². The van der Waals surface area contributed by atoms with Gasteiger partial charge in [-0.1, -0.05) is 12.1 Å². The highest BCUT2D eigenvalue weighted by molar-refractivity contribution is 5.80. The zero-order chi connectivity index (χ0) is 18.2. The Hall–Kier alpha value is -2.47. The average molecular weight is 345 g/mol. The van der Waals surface area contributed by atoms with Crippen molar-refractivity contribution in [2.75, 3.05) is 20.2 Å². The number of guanidine groups is 1. The van der Waals surface area contributed by atoms with E-state index >= 15 is 0 Å². The van der Waals surface area contributed by atoms with Crippen molar-refractivity contribution >= 4 is 5.96 Å². The highest BCUT2D eigenvalue weighted by Crippen LogP contribution is 2.18. The van der Waals surface area contributed by atoms with Crippen LogP contribution in [0.2, 0.25) is 0 Å². The van der Waals surface area contributed by atoms with Crippen molar-refractivity contribution in [1.82, 2.24) is 10.6 Å². The molecule has 2 aromatic rings. The van der Waals surface area contributed by atoms with Gasteiger partial charge in [-0.05, 0) is 50.6 Å². The second-order valence-corrected chi connectivity index (χ2v) is 5.82. The number of aliphatic hydroxyl groups excluding tert-OH is 1. The van der Waals surface area contributed by atoms with Crippen molar-refractivity contribution in [2.24, 2.45) is 4.99 Å². The summed E-state index contributed by atoms with van der Waals surface area (Å²) in [6.45, 7) is 6.91. The van der Waals surface area contributed by atoms with E-state index in [0.717, 1.165) is 29.4 Å². The van der Waals surface area contributed by atoms with E-state index in [1.165, 1.54) is 0 Å². The Balaban J connectivity index is 1.99. The summed E-state index contributed by atoms with van der Waals surface area (Å²) in [4.78, 5) is 4.48. The topological polar surface area (TPSA) is 79.0 Å². The molecule has 6 heteroatoms. The lowest BCUT2D eigenvalue weighted by molar-refractivity contribution is 0.187. The Bertz CT molecular complexity index is 679. The maximum absolute atomic E-state index is 10.3. The van der Waals surface area contributed by atoms with Gasteiger partial charge in [-0.15, -0.1) is 0 Å². The predicted octanol–water partition coefficient (Wildman–Crippen LogP) is 2.95. The first-order chi connectivity index (χ1) is 12.0. The molecule has 0 amide bonds. The molecule has 136 valence electrons. The number of aliphatic hydroxyl groups is 1. The molecule has 2 unspecified atom stereocenters. The maximum atomic E-state index is 10.3. The van der Waals surface area contributed by atoms with Crippen LogP contribution in [0.25, 0.3) is 0 Å². The van der Waals surface area contributed by atoms with Crippen molar-refractivity contribution in [1.29, 1.82) is 0 Å². The van der Waals surface area contributed by atoms with Gasteiger partial charge in [0, 0.05) is 6.54 Å². The molecule has 0 spiro atoms. The SMILES string of the molecule is CCNC(=NCC(O)c1ccc(OC)cc1)NC(C)c1ccc(C)o1. The fraction of sp³-hybridized carbons (Fsp3) is 0.421. The minimum Gasteiger partial charge on any atom is -0.497 e. The van der Waals surface area contributed by atoms with E-state index in [9.17, 15) is 5.11 Å². The smallest absolute Gasteiger partial charge is 0.191 e. The average Bonchev–Trinajstić information content (AvgIpc) is 3.06. The molecule has 1 heterocycles. The van der Waals surface area contributed by atoms with Gasteiger partial charge in [-0.25, -0.2) is 0 Å². The van der Waals surface area contributed by atoms with Gasteiger partial charge in [-0.3, -0.25) is 4.99 Å². The Morgan fingerprint density at radius 1 is 1.24 bits per heavy atom. The monoisotopic (exact) mass is 345 g/mol. The van der Waals surface area contributed by atoms with E-state index in [1.807, 2.05) is 57.2 Å². The molecule has 0 aliphatic heterocycles. The van der Waals surface area contributed by atoms with E-state index in [0.29, 0.717) is 5.96 Å².